The minimum Gasteiger partial charge on any atom is -0.497 e. The van der Waals surface area contributed by atoms with E-state index in [0.29, 0.717) is 24.1 Å². The smallest absolute Gasteiger partial charge is 0.253 e. The zero-order chi connectivity index (χ0) is 17.5. The third-order valence-electron chi connectivity index (χ3n) is 3.57. The van der Waals surface area contributed by atoms with Gasteiger partial charge >= 0.3 is 0 Å². The van der Waals surface area contributed by atoms with Crippen molar-refractivity contribution in [1.29, 1.82) is 0 Å². The van der Waals surface area contributed by atoms with E-state index in [4.69, 9.17) is 4.74 Å². The van der Waals surface area contributed by atoms with Gasteiger partial charge in [-0.3, -0.25) is 9.59 Å². The van der Waals surface area contributed by atoms with Crippen molar-refractivity contribution in [2.75, 3.05) is 26.5 Å². The molecule has 0 unspecified atom stereocenters. The minimum atomic E-state index is -0.0949. The zero-order valence-electron chi connectivity index (χ0n) is 14.2. The Labute approximate surface area is 142 Å². The molecule has 0 heterocycles. The molecule has 5 nitrogen and oxygen atoms in total. The molecule has 0 aliphatic heterocycles. The van der Waals surface area contributed by atoms with Crippen LogP contribution in [-0.2, 0) is 11.2 Å². The van der Waals surface area contributed by atoms with E-state index in [9.17, 15) is 9.59 Å². The molecular weight excluding hydrogens is 304 g/mol. The third kappa shape index (κ3) is 4.84. The van der Waals surface area contributed by atoms with E-state index >= 15 is 0 Å². The summed E-state index contributed by atoms with van der Waals surface area (Å²) in [5, 5.41) is 2.83. The van der Waals surface area contributed by atoms with Gasteiger partial charge in [0.2, 0.25) is 5.91 Å². The van der Waals surface area contributed by atoms with Crippen molar-refractivity contribution in [2.45, 2.75) is 12.8 Å². The van der Waals surface area contributed by atoms with Crippen LogP contribution in [-0.4, -0.2) is 37.9 Å². The third-order valence-corrected chi connectivity index (χ3v) is 3.57. The Morgan fingerprint density at radius 1 is 1.08 bits per heavy atom. The molecule has 2 rings (SSSR count). The summed E-state index contributed by atoms with van der Waals surface area (Å²) in [5.41, 5.74) is 2.21. The minimum absolute atomic E-state index is 0.0905. The van der Waals surface area contributed by atoms with E-state index in [1.165, 1.54) is 4.90 Å². The molecule has 1 N–H and O–H groups in total. The second-order valence-electron chi connectivity index (χ2n) is 5.68. The van der Waals surface area contributed by atoms with Crippen LogP contribution in [0.1, 0.15) is 22.3 Å². The molecular formula is C19H22N2O3. The summed E-state index contributed by atoms with van der Waals surface area (Å²) in [5.74, 6) is 0.595. The van der Waals surface area contributed by atoms with Crippen molar-refractivity contribution in [1.82, 2.24) is 4.90 Å². The number of nitrogens with zero attached hydrogens (tertiary/aromatic N) is 1. The maximum Gasteiger partial charge on any atom is 0.253 e. The molecule has 0 aliphatic carbocycles. The van der Waals surface area contributed by atoms with Gasteiger partial charge in [0.15, 0.2) is 0 Å². The first-order valence-corrected chi connectivity index (χ1v) is 7.74. The van der Waals surface area contributed by atoms with Crippen molar-refractivity contribution >= 4 is 17.5 Å². The molecule has 0 saturated heterocycles. The summed E-state index contributed by atoms with van der Waals surface area (Å²) >= 11 is 0. The highest BCUT2D eigenvalue weighted by molar-refractivity contribution is 5.97. The highest BCUT2D eigenvalue weighted by Gasteiger charge is 2.09. The Morgan fingerprint density at radius 3 is 2.54 bits per heavy atom. The van der Waals surface area contributed by atoms with Gasteiger partial charge in [0.1, 0.15) is 5.75 Å². The number of nitrogens with one attached hydrogen (secondary N) is 1. The summed E-state index contributed by atoms with van der Waals surface area (Å²) in [6.45, 7) is 0. The molecule has 0 fully saturated rings. The van der Waals surface area contributed by atoms with Gasteiger partial charge in [-0.15, -0.1) is 0 Å². The van der Waals surface area contributed by atoms with Crippen LogP contribution >= 0.6 is 0 Å². The van der Waals surface area contributed by atoms with E-state index in [1.807, 2.05) is 24.3 Å². The number of benzene rings is 2. The Kier molecular flexibility index (Phi) is 5.95. The van der Waals surface area contributed by atoms with Crippen LogP contribution in [0, 0.1) is 0 Å². The quantitative estimate of drug-likeness (QED) is 0.888. The normalized spacial score (nSPS) is 10.1. The lowest BCUT2D eigenvalue weighted by Gasteiger charge is -2.12. The van der Waals surface area contributed by atoms with E-state index in [-0.39, 0.29) is 11.8 Å². The number of ether oxygens (including phenoxy) is 1. The van der Waals surface area contributed by atoms with Crippen molar-refractivity contribution < 1.29 is 14.3 Å². The Hall–Kier alpha value is -2.82. The van der Waals surface area contributed by atoms with Crippen LogP contribution in [0.3, 0.4) is 0 Å². The fraction of sp³-hybridized carbons (Fsp3) is 0.263. The molecule has 5 heteroatoms. The summed E-state index contributed by atoms with van der Waals surface area (Å²) in [7, 11) is 5.01. The first-order valence-electron chi connectivity index (χ1n) is 7.74. The molecule has 2 aromatic rings. The molecule has 0 bridgehead atoms. The van der Waals surface area contributed by atoms with E-state index in [0.717, 1.165) is 11.3 Å². The molecule has 0 aliphatic rings. The Balaban J connectivity index is 1.94. The second kappa shape index (κ2) is 8.15. The Morgan fingerprint density at radius 2 is 1.83 bits per heavy atom. The average Bonchev–Trinajstić information content (AvgIpc) is 2.59. The first-order chi connectivity index (χ1) is 11.5. The maximum atomic E-state index is 12.1. The van der Waals surface area contributed by atoms with E-state index < -0.39 is 0 Å². The summed E-state index contributed by atoms with van der Waals surface area (Å²) in [6, 6.07) is 14.6. The number of methoxy groups -OCH3 is 1. The largest absolute Gasteiger partial charge is 0.497 e. The van der Waals surface area contributed by atoms with Crippen LogP contribution in [0.25, 0.3) is 0 Å². The molecule has 0 radical (unpaired) electrons. The fourth-order valence-electron chi connectivity index (χ4n) is 2.30. The van der Waals surface area contributed by atoms with Gasteiger partial charge in [-0.2, -0.15) is 0 Å². The lowest BCUT2D eigenvalue weighted by atomic mass is 10.1. The molecule has 0 spiro atoms. The number of hydrogen-bond donors (Lipinski definition) is 1. The van der Waals surface area contributed by atoms with Gasteiger partial charge in [-0.1, -0.05) is 18.2 Å². The molecule has 0 saturated carbocycles. The van der Waals surface area contributed by atoms with Crippen LogP contribution in [0.2, 0.25) is 0 Å². The predicted octanol–water partition coefficient (Wildman–Crippen LogP) is 2.97. The number of hydrogen-bond acceptors (Lipinski definition) is 3. The molecule has 126 valence electrons. The molecule has 0 aromatic heterocycles. The molecule has 0 atom stereocenters. The number of aryl methyl sites for hydroxylation is 1. The fourth-order valence-corrected chi connectivity index (χ4v) is 2.30. The van der Waals surface area contributed by atoms with Crippen LogP contribution < -0.4 is 10.1 Å². The predicted molar refractivity (Wildman–Crippen MR) is 94.4 cm³/mol. The average molecular weight is 326 g/mol. The Bertz CT molecular complexity index is 726. The zero-order valence-corrected chi connectivity index (χ0v) is 14.2. The monoisotopic (exact) mass is 326 g/mol. The molecule has 2 amide bonds. The van der Waals surface area contributed by atoms with Crippen LogP contribution in [0.4, 0.5) is 5.69 Å². The number of rotatable bonds is 6. The van der Waals surface area contributed by atoms with Gasteiger partial charge in [-0.25, -0.2) is 0 Å². The van der Waals surface area contributed by atoms with Crippen molar-refractivity contribution in [3.8, 4) is 5.75 Å². The number of anilines is 1. The summed E-state index contributed by atoms with van der Waals surface area (Å²) < 4.78 is 5.18. The standard InChI is InChI=1S/C19H22N2O3/c1-21(2)19(23)15-7-5-8-16(13-15)20-18(22)11-10-14-6-4-9-17(12-14)24-3/h4-9,12-13H,10-11H2,1-3H3,(H,20,22). The topological polar surface area (TPSA) is 58.6 Å². The number of amides is 2. The highest BCUT2D eigenvalue weighted by atomic mass is 16.5. The van der Waals surface area contributed by atoms with Gasteiger partial charge < -0.3 is 15.0 Å². The van der Waals surface area contributed by atoms with Crippen molar-refractivity contribution in [2.24, 2.45) is 0 Å². The van der Waals surface area contributed by atoms with Gasteiger partial charge in [0.05, 0.1) is 7.11 Å². The maximum absolute atomic E-state index is 12.1. The number of carbonyl (C=O) groups is 2. The number of carbonyl (C=O) groups excluding carboxylic acids is 2. The van der Waals surface area contributed by atoms with Crippen molar-refractivity contribution in [3.63, 3.8) is 0 Å². The van der Waals surface area contributed by atoms with E-state index in [2.05, 4.69) is 5.32 Å². The molecule has 24 heavy (non-hydrogen) atoms. The van der Waals surface area contributed by atoms with Crippen molar-refractivity contribution in [3.05, 3.63) is 59.7 Å². The second-order valence-corrected chi connectivity index (χ2v) is 5.68. The summed E-state index contributed by atoms with van der Waals surface area (Å²) in [4.78, 5) is 25.6. The SMILES string of the molecule is COc1cccc(CCC(=O)Nc2cccc(C(=O)N(C)C)c2)c1. The van der Waals surface area contributed by atoms with Gasteiger partial charge in [0, 0.05) is 31.8 Å². The first kappa shape index (κ1) is 17.5. The highest BCUT2D eigenvalue weighted by Crippen LogP contribution is 2.15. The van der Waals surface area contributed by atoms with Crippen LogP contribution in [0.15, 0.2) is 48.5 Å². The summed E-state index contributed by atoms with van der Waals surface area (Å²) in [6.07, 6.45) is 0.984. The molecule has 2 aromatic carbocycles. The lowest BCUT2D eigenvalue weighted by Crippen LogP contribution is -2.22. The van der Waals surface area contributed by atoms with E-state index in [1.54, 1.807) is 45.5 Å². The lowest BCUT2D eigenvalue weighted by molar-refractivity contribution is -0.116. The van der Waals surface area contributed by atoms with Gasteiger partial charge in [-0.05, 0) is 42.3 Å². The van der Waals surface area contributed by atoms with Gasteiger partial charge in [0.25, 0.3) is 5.91 Å². The van der Waals surface area contributed by atoms with Crippen LogP contribution in [0.5, 0.6) is 5.75 Å².